The number of nitrogens with zero attached hydrogens (tertiary/aromatic N) is 1. The average Bonchev–Trinajstić information content (AvgIpc) is 3.34. The van der Waals surface area contributed by atoms with Crippen LogP contribution in [0.15, 0.2) is 72.8 Å². The van der Waals surface area contributed by atoms with Gasteiger partial charge in [-0.05, 0) is 54.0 Å². The minimum atomic E-state index is -0.447. The normalized spacial score (nSPS) is 27.1. The summed E-state index contributed by atoms with van der Waals surface area (Å²) in [5.74, 6) is 0.593. The molecule has 2 fully saturated rings. The first-order chi connectivity index (χ1) is 13.2. The molecular formula is C25H27NO. The van der Waals surface area contributed by atoms with Gasteiger partial charge in [0.05, 0.1) is 6.10 Å². The van der Waals surface area contributed by atoms with E-state index in [0.717, 1.165) is 5.56 Å². The van der Waals surface area contributed by atoms with Crippen molar-refractivity contribution in [2.75, 3.05) is 0 Å². The Bertz CT molecular complexity index is 932. The molecule has 1 saturated heterocycles. The van der Waals surface area contributed by atoms with Crippen LogP contribution in [-0.4, -0.2) is 22.1 Å². The van der Waals surface area contributed by atoms with Gasteiger partial charge in [-0.15, -0.1) is 0 Å². The lowest BCUT2D eigenvalue weighted by molar-refractivity contribution is -0.000964. The van der Waals surface area contributed by atoms with Gasteiger partial charge in [0.15, 0.2) is 0 Å². The maximum atomic E-state index is 11.6. The first-order valence-corrected chi connectivity index (χ1v) is 10.2. The molecule has 2 heteroatoms. The van der Waals surface area contributed by atoms with Crippen LogP contribution in [0, 0.1) is 5.92 Å². The summed E-state index contributed by atoms with van der Waals surface area (Å²) in [4.78, 5) is 2.62. The zero-order valence-electron chi connectivity index (χ0n) is 15.8. The molecule has 0 spiro atoms. The topological polar surface area (TPSA) is 23.5 Å². The van der Waals surface area contributed by atoms with E-state index in [1.165, 1.54) is 35.6 Å². The summed E-state index contributed by atoms with van der Waals surface area (Å²) >= 11 is 0. The van der Waals surface area contributed by atoms with Gasteiger partial charge in [0.1, 0.15) is 0 Å². The Hall–Kier alpha value is -2.16. The third kappa shape index (κ3) is 2.79. The Morgan fingerprint density at radius 3 is 2.48 bits per heavy atom. The molecule has 5 atom stereocenters. The summed E-state index contributed by atoms with van der Waals surface area (Å²) in [5.41, 5.74) is 2.43. The Labute approximate surface area is 161 Å². The Kier molecular flexibility index (Phi) is 4.26. The van der Waals surface area contributed by atoms with Crippen molar-refractivity contribution in [2.45, 2.75) is 50.4 Å². The first-order valence-electron chi connectivity index (χ1n) is 10.2. The molecule has 1 aliphatic heterocycles. The van der Waals surface area contributed by atoms with E-state index in [1.807, 2.05) is 0 Å². The van der Waals surface area contributed by atoms with E-state index in [-0.39, 0.29) is 6.04 Å². The zero-order valence-corrected chi connectivity index (χ0v) is 15.8. The SMILES string of the molecule is C[C@@H](c1ccccc1)N1[C@@H]2CC[C@@H](C2)[C@H]1[C@H](O)c1cccc2ccccc12. The van der Waals surface area contributed by atoms with Gasteiger partial charge in [0, 0.05) is 18.1 Å². The number of rotatable bonds is 4. The van der Waals surface area contributed by atoms with E-state index >= 15 is 0 Å². The summed E-state index contributed by atoms with van der Waals surface area (Å²) in [6, 6.07) is 26.6. The molecule has 2 bridgehead atoms. The van der Waals surface area contributed by atoms with Gasteiger partial charge in [-0.1, -0.05) is 72.8 Å². The van der Waals surface area contributed by atoms with Crippen LogP contribution in [0.1, 0.15) is 49.5 Å². The van der Waals surface area contributed by atoms with Crippen LogP contribution < -0.4 is 0 Å². The molecule has 2 nitrogen and oxygen atoms in total. The second-order valence-corrected chi connectivity index (χ2v) is 8.26. The fourth-order valence-corrected chi connectivity index (χ4v) is 5.65. The average molecular weight is 357 g/mol. The summed E-state index contributed by atoms with van der Waals surface area (Å²) in [7, 11) is 0. The predicted octanol–water partition coefficient (Wildman–Crippen LogP) is 5.49. The van der Waals surface area contributed by atoms with Gasteiger partial charge >= 0.3 is 0 Å². The number of aliphatic hydroxyl groups excluding tert-OH is 1. The highest BCUT2D eigenvalue weighted by Crippen LogP contribution is 2.50. The number of benzene rings is 3. The lowest BCUT2D eigenvalue weighted by atomic mass is 9.86. The standard InChI is InChI=1S/C25H27NO/c1-17(18-8-3-2-4-9-18)26-21-15-14-20(16-21)24(26)25(27)23-13-7-11-19-10-5-6-12-22(19)23/h2-13,17,20-21,24-25,27H,14-16H2,1H3/t17-,20-,21+,24-,25+/m0/s1. The van der Waals surface area contributed by atoms with Crippen LogP contribution in [0.2, 0.25) is 0 Å². The van der Waals surface area contributed by atoms with E-state index in [0.29, 0.717) is 18.0 Å². The highest BCUT2D eigenvalue weighted by Gasteiger charge is 2.50. The van der Waals surface area contributed by atoms with Crippen LogP contribution in [0.5, 0.6) is 0 Å². The quantitative estimate of drug-likeness (QED) is 0.667. The number of hydrogen-bond donors (Lipinski definition) is 1. The predicted molar refractivity (Wildman–Crippen MR) is 111 cm³/mol. The van der Waals surface area contributed by atoms with Gasteiger partial charge in [-0.2, -0.15) is 0 Å². The van der Waals surface area contributed by atoms with Crippen LogP contribution in [0.25, 0.3) is 10.8 Å². The van der Waals surface area contributed by atoms with Gasteiger partial charge in [0.2, 0.25) is 0 Å². The highest BCUT2D eigenvalue weighted by molar-refractivity contribution is 5.86. The monoisotopic (exact) mass is 357 g/mol. The molecular weight excluding hydrogens is 330 g/mol. The van der Waals surface area contributed by atoms with E-state index in [4.69, 9.17) is 0 Å². The van der Waals surface area contributed by atoms with Crippen LogP contribution in [-0.2, 0) is 0 Å². The van der Waals surface area contributed by atoms with Crippen molar-refractivity contribution >= 4 is 10.8 Å². The maximum absolute atomic E-state index is 11.6. The molecule has 138 valence electrons. The molecule has 2 aliphatic rings. The third-order valence-electron chi connectivity index (χ3n) is 6.89. The smallest absolute Gasteiger partial charge is 0.0954 e. The van der Waals surface area contributed by atoms with E-state index in [2.05, 4.69) is 84.6 Å². The van der Waals surface area contributed by atoms with Crippen LogP contribution in [0.3, 0.4) is 0 Å². The van der Waals surface area contributed by atoms with Crippen molar-refractivity contribution in [1.82, 2.24) is 4.90 Å². The minimum Gasteiger partial charge on any atom is -0.387 e. The maximum Gasteiger partial charge on any atom is 0.0954 e. The number of aliphatic hydroxyl groups is 1. The first kappa shape index (κ1) is 17.0. The number of fused-ring (bicyclic) bond motifs is 3. The molecule has 1 aliphatic carbocycles. The van der Waals surface area contributed by atoms with Crippen molar-refractivity contribution in [2.24, 2.45) is 5.92 Å². The molecule has 0 amide bonds. The fraction of sp³-hybridized carbons (Fsp3) is 0.360. The molecule has 27 heavy (non-hydrogen) atoms. The minimum absolute atomic E-state index is 0.199. The lowest BCUT2D eigenvalue weighted by Gasteiger charge is -2.42. The summed E-state index contributed by atoms with van der Waals surface area (Å²) < 4.78 is 0. The van der Waals surface area contributed by atoms with Crippen molar-refractivity contribution in [3.05, 3.63) is 83.9 Å². The molecule has 3 aromatic carbocycles. The molecule has 0 aromatic heterocycles. The number of likely N-dealkylation sites (tertiary alicyclic amines) is 1. The fourth-order valence-electron chi connectivity index (χ4n) is 5.65. The largest absolute Gasteiger partial charge is 0.387 e. The summed E-state index contributed by atoms with van der Waals surface area (Å²) in [5, 5.41) is 14.0. The van der Waals surface area contributed by atoms with Crippen molar-refractivity contribution in [3.63, 3.8) is 0 Å². The second kappa shape index (κ2) is 6.78. The third-order valence-corrected chi connectivity index (χ3v) is 6.89. The van der Waals surface area contributed by atoms with Crippen LogP contribution in [0.4, 0.5) is 0 Å². The highest BCUT2D eigenvalue weighted by atomic mass is 16.3. The van der Waals surface area contributed by atoms with Crippen molar-refractivity contribution in [1.29, 1.82) is 0 Å². The Morgan fingerprint density at radius 1 is 0.889 bits per heavy atom. The molecule has 1 N–H and O–H groups in total. The number of hydrogen-bond acceptors (Lipinski definition) is 2. The van der Waals surface area contributed by atoms with Gasteiger partial charge in [-0.25, -0.2) is 0 Å². The molecule has 1 saturated carbocycles. The molecule has 3 aromatic rings. The molecule has 5 rings (SSSR count). The van der Waals surface area contributed by atoms with Gasteiger partial charge in [-0.3, -0.25) is 4.90 Å². The Balaban J connectivity index is 1.54. The van der Waals surface area contributed by atoms with Gasteiger partial charge in [0.25, 0.3) is 0 Å². The van der Waals surface area contributed by atoms with E-state index in [9.17, 15) is 5.11 Å². The zero-order chi connectivity index (χ0) is 18.4. The van der Waals surface area contributed by atoms with Crippen molar-refractivity contribution in [3.8, 4) is 0 Å². The number of piperidine rings is 1. The second-order valence-electron chi connectivity index (χ2n) is 8.26. The van der Waals surface area contributed by atoms with Crippen molar-refractivity contribution < 1.29 is 5.11 Å². The summed E-state index contributed by atoms with van der Waals surface area (Å²) in [6.45, 7) is 2.30. The molecule has 1 heterocycles. The molecule has 0 unspecified atom stereocenters. The Morgan fingerprint density at radius 2 is 1.63 bits per heavy atom. The van der Waals surface area contributed by atoms with E-state index < -0.39 is 6.10 Å². The van der Waals surface area contributed by atoms with Gasteiger partial charge < -0.3 is 5.11 Å². The summed E-state index contributed by atoms with van der Waals surface area (Å²) in [6.07, 6.45) is 3.29. The molecule has 0 radical (unpaired) electrons. The van der Waals surface area contributed by atoms with Crippen LogP contribution >= 0.6 is 0 Å². The lowest BCUT2D eigenvalue weighted by Crippen LogP contribution is -2.45. The van der Waals surface area contributed by atoms with E-state index in [1.54, 1.807) is 0 Å².